The number of sulfone groups is 2. The highest BCUT2D eigenvalue weighted by Gasteiger charge is 2.49. The number of carboxylic acids is 1. The van der Waals surface area contributed by atoms with E-state index in [1.54, 1.807) is 0 Å². The normalized spacial score (nSPS) is 19.8. The quantitative estimate of drug-likeness (QED) is 0.255. The van der Waals surface area contributed by atoms with E-state index in [0.29, 0.717) is 25.7 Å². The lowest BCUT2D eigenvalue weighted by Crippen LogP contribution is -2.64. The summed E-state index contributed by atoms with van der Waals surface area (Å²) in [7, 11) is -7.22. The minimum atomic E-state index is -5.08. The molecular formula is C17H29F3N2O9S2. The lowest BCUT2D eigenvalue weighted by atomic mass is 10.0. The topological polar surface area (TPSA) is 201 Å². The van der Waals surface area contributed by atoms with Crippen molar-refractivity contribution in [2.75, 3.05) is 17.3 Å². The monoisotopic (exact) mass is 526 g/mol. The molecule has 1 rings (SSSR count). The Morgan fingerprint density at radius 1 is 1.15 bits per heavy atom. The molecule has 0 aromatic rings. The molecule has 16 heteroatoms. The molecule has 5 N–H and O–H groups in total. The zero-order valence-corrected chi connectivity index (χ0v) is 19.8. The Hall–Kier alpha value is -1.94. The Kier molecular flexibility index (Phi) is 11.3. The molecule has 1 heterocycles. The summed E-state index contributed by atoms with van der Waals surface area (Å²) in [5.41, 5.74) is 8.43. The van der Waals surface area contributed by atoms with E-state index < -0.39 is 66.3 Å². The maximum Gasteiger partial charge on any atom is 0.490 e. The Bertz CT molecular complexity index is 915. The van der Waals surface area contributed by atoms with Crippen molar-refractivity contribution in [3.8, 4) is 0 Å². The second-order valence-electron chi connectivity index (χ2n) is 7.58. The summed E-state index contributed by atoms with van der Waals surface area (Å²) in [5, 5.41) is 6.39. The number of hydrogen-bond acceptors (Lipinski definition) is 9. The predicted molar refractivity (Wildman–Crippen MR) is 110 cm³/mol. The van der Waals surface area contributed by atoms with Gasteiger partial charge in [0.15, 0.2) is 19.7 Å². The third kappa shape index (κ3) is 9.83. The summed E-state index contributed by atoms with van der Waals surface area (Å²) in [6.45, 7) is 3.66. The highest BCUT2D eigenvalue weighted by Crippen LogP contribution is 2.22. The molecule has 0 aromatic heterocycles. The SMILES string of the molecule is CCCC(CCC)S(=O)(=O)CC(N)(C(N)=O)C(=O)O[C@H]1CCS(=O)(=O)C1.O=C(O)C(F)(F)F. The highest BCUT2D eigenvalue weighted by molar-refractivity contribution is 7.92. The molecule has 0 radical (unpaired) electrons. The maximum absolute atomic E-state index is 12.7. The molecule has 1 amide bonds. The van der Waals surface area contributed by atoms with E-state index in [1.165, 1.54) is 0 Å². The van der Waals surface area contributed by atoms with Crippen molar-refractivity contribution in [2.24, 2.45) is 11.5 Å². The van der Waals surface area contributed by atoms with Crippen LogP contribution in [0, 0.1) is 0 Å². The standard InChI is InChI=1S/C15H28N2O7S2.C2HF3O2/c1-3-5-12(6-4-2)26(22,23)10-15(17,13(16)18)14(19)24-11-7-8-25(20,21)9-11;3-2(4,5)1(6)7/h11-12H,3-10,17H2,1-2H3,(H2,16,18);(H,6,7)/t11-,15?;/m0./s1. The van der Waals surface area contributed by atoms with Gasteiger partial charge in [0.1, 0.15) is 6.10 Å². The number of ether oxygens (including phenoxy) is 1. The van der Waals surface area contributed by atoms with Crippen LogP contribution in [0.3, 0.4) is 0 Å². The van der Waals surface area contributed by atoms with E-state index in [-0.39, 0.29) is 17.9 Å². The van der Waals surface area contributed by atoms with Gasteiger partial charge in [-0.05, 0) is 19.3 Å². The number of esters is 1. The predicted octanol–water partition coefficient (Wildman–Crippen LogP) is -0.0836. The molecule has 0 bridgehead atoms. The van der Waals surface area contributed by atoms with Crippen molar-refractivity contribution in [1.82, 2.24) is 0 Å². The number of nitrogens with two attached hydrogens (primary N) is 2. The zero-order chi connectivity index (χ0) is 26.3. The number of alkyl halides is 3. The van der Waals surface area contributed by atoms with Crippen LogP contribution in [0.4, 0.5) is 13.2 Å². The van der Waals surface area contributed by atoms with Crippen LogP contribution in [0.1, 0.15) is 46.0 Å². The molecule has 33 heavy (non-hydrogen) atoms. The van der Waals surface area contributed by atoms with Crippen molar-refractivity contribution in [3.63, 3.8) is 0 Å². The third-order valence-electron chi connectivity index (χ3n) is 4.67. The molecule has 1 fully saturated rings. The van der Waals surface area contributed by atoms with E-state index in [1.807, 2.05) is 13.8 Å². The molecular weight excluding hydrogens is 497 g/mol. The molecule has 2 atom stereocenters. The number of carbonyl (C=O) groups excluding carboxylic acids is 2. The Morgan fingerprint density at radius 2 is 1.61 bits per heavy atom. The van der Waals surface area contributed by atoms with Crippen LogP contribution in [0.15, 0.2) is 0 Å². The zero-order valence-electron chi connectivity index (χ0n) is 18.1. The number of aliphatic carboxylic acids is 1. The van der Waals surface area contributed by atoms with Crippen LogP contribution in [-0.2, 0) is 38.8 Å². The number of primary amides is 1. The van der Waals surface area contributed by atoms with Crippen molar-refractivity contribution < 1.29 is 54.2 Å². The summed E-state index contributed by atoms with van der Waals surface area (Å²) in [4.78, 5) is 33.1. The Balaban J connectivity index is 0.00000126. The lowest BCUT2D eigenvalue weighted by molar-refractivity contribution is -0.192. The molecule has 1 unspecified atom stereocenters. The van der Waals surface area contributed by atoms with Gasteiger partial charge in [0, 0.05) is 0 Å². The van der Waals surface area contributed by atoms with Crippen LogP contribution in [0.25, 0.3) is 0 Å². The highest BCUT2D eigenvalue weighted by atomic mass is 32.2. The first-order valence-corrected chi connectivity index (χ1v) is 13.4. The van der Waals surface area contributed by atoms with Gasteiger partial charge < -0.3 is 21.3 Å². The molecule has 1 aliphatic rings. The van der Waals surface area contributed by atoms with Crippen LogP contribution >= 0.6 is 0 Å². The fourth-order valence-electron chi connectivity index (χ4n) is 2.92. The third-order valence-corrected chi connectivity index (χ3v) is 8.75. The largest absolute Gasteiger partial charge is 0.490 e. The van der Waals surface area contributed by atoms with Gasteiger partial charge in [0.05, 0.1) is 22.5 Å². The van der Waals surface area contributed by atoms with Crippen molar-refractivity contribution >= 4 is 37.5 Å². The molecule has 11 nitrogen and oxygen atoms in total. The van der Waals surface area contributed by atoms with Gasteiger partial charge in [-0.15, -0.1) is 0 Å². The summed E-state index contributed by atoms with van der Waals surface area (Å²) in [5.74, 6) is -6.87. The van der Waals surface area contributed by atoms with Gasteiger partial charge in [0.2, 0.25) is 11.4 Å². The molecule has 0 aliphatic carbocycles. The number of amides is 1. The van der Waals surface area contributed by atoms with E-state index in [0.717, 1.165) is 0 Å². The first-order chi connectivity index (χ1) is 14.8. The molecule has 0 aromatic carbocycles. The second kappa shape index (κ2) is 12.0. The van der Waals surface area contributed by atoms with E-state index >= 15 is 0 Å². The van der Waals surface area contributed by atoms with Crippen LogP contribution in [-0.4, -0.2) is 80.1 Å². The second-order valence-corrected chi connectivity index (χ2v) is 12.1. The minimum absolute atomic E-state index is 0.0734. The molecule has 0 spiro atoms. The molecule has 0 saturated carbocycles. The van der Waals surface area contributed by atoms with Gasteiger partial charge in [-0.1, -0.05) is 26.7 Å². The average Bonchev–Trinajstić information content (AvgIpc) is 2.99. The number of carboxylic acid groups (broad SMARTS) is 1. The van der Waals surface area contributed by atoms with Crippen LogP contribution in [0.2, 0.25) is 0 Å². The number of rotatable bonds is 10. The molecule has 1 saturated heterocycles. The summed E-state index contributed by atoms with van der Waals surface area (Å²) >= 11 is 0. The first-order valence-electron chi connectivity index (χ1n) is 9.84. The number of halogens is 3. The van der Waals surface area contributed by atoms with Gasteiger partial charge in [-0.25, -0.2) is 26.4 Å². The average molecular weight is 527 g/mol. The van der Waals surface area contributed by atoms with Crippen LogP contribution < -0.4 is 11.5 Å². The van der Waals surface area contributed by atoms with Gasteiger partial charge in [-0.3, -0.25) is 4.79 Å². The maximum atomic E-state index is 12.7. The van der Waals surface area contributed by atoms with Gasteiger partial charge >= 0.3 is 18.1 Å². The van der Waals surface area contributed by atoms with Crippen molar-refractivity contribution in [3.05, 3.63) is 0 Å². The lowest BCUT2D eigenvalue weighted by Gasteiger charge is -2.27. The van der Waals surface area contributed by atoms with E-state index in [9.17, 15) is 39.6 Å². The smallest absolute Gasteiger partial charge is 0.475 e. The van der Waals surface area contributed by atoms with Crippen LogP contribution in [0.5, 0.6) is 0 Å². The Morgan fingerprint density at radius 3 is 1.91 bits per heavy atom. The molecule has 194 valence electrons. The minimum Gasteiger partial charge on any atom is -0.475 e. The Labute approximate surface area is 189 Å². The van der Waals surface area contributed by atoms with E-state index in [4.69, 9.17) is 26.1 Å². The van der Waals surface area contributed by atoms with Gasteiger partial charge in [-0.2, -0.15) is 13.2 Å². The molecule has 1 aliphatic heterocycles. The van der Waals surface area contributed by atoms with E-state index in [2.05, 4.69) is 0 Å². The van der Waals surface area contributed by atoms with Crippen molar-refractivity contribution in [1.29, 1.82) is 0 Å². The fraction of sp³-hybridized carbons (Fsp3) is 0.824. The number of hydrogen-bond donors (Lipinski definition) is 3. The first kappa shape index (κ1) is 31.1. The fourth-order valence-corrected chi connectivity index (χ4v) is 6.83. The van der Waals surface area contributed by atoms with Gasteiger partial charge in [0.25, 0.3) is 0 Å². The summed E-state index contributed by atoms with van der Waals surface area (Å²) < 4.78 is 85.0. The number of carbonyl (C=O) groups is 3. The summed E-state index contributed by atoms with van der Waals surface area (Å²) in [6.07, 6.45) is -3.99. The van der Waals surface area contributed by atoms with Crippen molar-refractivity contribution in [2.45, 2.75) is 69.0 Å². The summed E-state index contributed by atoms with van der Waals surface area (Å²) in [6, 6.07) is 0.